The summed E-state index contributed by atoms with van der Waals surface area (Å²) in [6.07, 6.45) is 1.30. The van der Waals surface area contributed by atoms with Gasteiger partial charge in [0.2, 0.25) is 0 Å². The maximum absolute atomic E-state index is 11.3. The number of Topliss-reactive ketones (excluding diaryl/α,β-unsaturated/α-hetero) is 1. The third kappa shape index (κ3) is 2.43. The molecule has 1 N–H and O–H groups in total. The van der Waals surface area contributed by atoms with Gasteiger partial charge in [-0.1, -0.05) is 18.2 Å². The lowest BCUT2D eigenvalue weighted by molar-refractivity contribution is 0.0696. The van der Waals surface area contributed by atoms with Crippen molar-refractivity contribution in [3.8, 4) is 11.3 Å². The number of benzene rings is 1. The van der Waals surface area contributed by atoms with Gasteiger partial charge in [0, 0.05) is 17.3 Å². The average Bonchev–Trinajstić information content (AvgIpc) is 2.39. The Morgan fingerprint density at radius 2 is 1.89 bits per heavy atom. The third-order valence-electron chi connectivity index (χ3n) is 2.58. The number of aromatic nitrogens is 1. The zero-order chi connectivity index (χ0) is 13.1. The number of pyridine rings is 1. The lowest BCUT2D eigenvalue weighted by atomic mass is 10.1. The highest BCUT2D eigenvalue weighted by Gasteiger charge is 2.06. The van der Waals surface area contributed by atoms with Gasteiger partial charge in [-0.05, 0) is 25.1 Å². The molecule has 0 radical (unpaired) electrons. The van der Waals surface area contributed by atoms with Gasteiger partial charge in [0.1, 0.15) is 0 Å². The maximum Gasteiger partial charge on any atom is 0.337 e. The van der Waals surface area contributed by atoms with Crippen molar-refractivity contribution in [2.45, 2.75) is 6.92 Å². The maximum atomic E-state index is 11.3. The summed E-state index contributed by atoms with van der Waals surface area (Å²) in [4.78, 5) is 26.1. The molecule has 0 saturated carbocycles. The van der Waals surface area contributed by atoms with E-state index in [1.165, 1.54) is 19.2 Å². The minimum Gasteiger partial charge on any atom is -0.478 e. The zero-order valence-corrected chi connectivity index (χ0v) is 9.75. The van der Waals surface area contributed by atoms with Gasteiger partial charge in [0.25, 0.3) is 0 Å². The van der Waals surface area contributed by atoms with Crippen molar-refractivity contribution in [3.63, 3.8) is 0 Å². The molecule has 0 spiro atoms. The third-order valence-corrected chi connectivity index (χ3v) is 2.58. The quantitative estimate of drug-likeness (QED) is 0.839. The first-order valence-corrected chi connectivity index (χ1v) is 5.38. The standard InChI is InChI=1S/C14H11NO3/c1-9(16)10-3-2-4-11(7-10)13-6-5-12(8-15-13)14(17)18/h2-8H,1H3,(H,17,18). The van der Waals surface area contributed by atoms with Crippen LogP contribution >= 0.6 is 0 Å². The minimum atomic E-state index is -1.01. The van der Waals surface area contributed by atoms with E-state index in [0.717, 1.165) is 5.56 Å². The normalized spacial score (nSPS) is 10.1. The van der Waals surface area contributed by atoms with Crippen molar-refractivity contribution in [3.05, 3.63) is 53.7 Å². The van der Waals surface area contributed by atoms with E-state index in [2.05, 4.69) is 4.98 Å². The molecule has 18 heavy (non-hydrogen) atoms. The second kappa shape index (κ2) is 4.79. The van der Waals surface area contributed by atoms with Crippen LogP contribution in [-0.2, 0) is 0 Å². The number of ketones is 1. The van der Waals surface area contributed by atoms with Crippen molar-refractivity contribution in [2.24, 2.45) is 0 Å². The second-order valence-electron chi connectivity index (χ2n) is 3.87. The molecule has 1 heterocycles. The van der Waals surface area contributed by atoms with Crippen LogP contribution < -0.4 is 0 Å². The lowest BCUT2D eigenvalue weighted by Gasteiger charge is -2.03. The summed E-state index contributed by atoms with van der Waals surface area (Å²) < 4.78 is 0. The number of carboxylic acid groups (broad SMARTS) is 1. The Labute approximate surface area is 104 Å². The molecule has 0 amide bonds. The fourth-order valence-electron chi connectivity index (χ4n) is 1.59. The van der Waals surface area contributed by atoms with E-state index in [4.69, 9.17) is 5.11 Å². The number of carbonyl (C=O) groups is 2. The van der Waals surface area contributed by atoms with Crippen molar-refractivity contribution < 1.29 is 14.7 Å². The van der Waals surface area contributed by atoms with Crippen LogP contribution in [0.5, 0.6) is 0 Å². The predicted octanol–water partition coefficient (Wildman–Crippen LogP) is 2.65. The molecule has 0 bridgehead atoms. The number of hydrogen-bond acceptors (Lipinski definition) is 3. The number of rotatable bonds is 3. The molecule has 90 valence electrons. The van der Waals surface area contributed by atoms with E-state index >= 15 is 0 Å². The van der Waals surface area contributed by atoms with Crippen LogP contribution in [-0.4, -0.2) is 21.8 Å². The first kappa shape index (κ1) is 12.0. The number of carbonyl (C=O) groups excluding carboxylic acids is 1. The fraction of sp³-hybridized carbons (Fsp3) is 0.0714. The Bertz CT molecular complexity index is 603. The molecule has 4 heteroatoms. The van der Waals surface area contributed by atoms with Crippen LogP contribution in [0.4, 0.5) is 0 Å². The second-order valence-corrected chi connectivity index (χ2v) is 3.87. The predicted molar refractivity (Wildman–Crippen MR) is 66.6 cm³/mol. The largest absolute Gasteiger partial charge is 0.478 e. The van der Waals surface area contributed by atoms with E-state index in [-0.39, 0.29) is 11.3 Å². The van der Waals surface area contributed by atoms with Crippen LogP contribution in [0, 0.1) is 0 Å². The Kier molecular flexibility index (Phi) is 3.19. The van der Waals surface area contributed by atoms with Gasteiger partial charge in [-0.3, -0.25) is 9.78 Å². The summed E-state index contributed by atoms with van der Waals surface area (Å²) in [6.45, 7) is 1.50. The molecule has 0 aliphatic heterocycles. The van der Waals surface area contributed by atoms with Gasteiger partial charge in [0.05, 0.1) is 11.3 Å². The summed E-state index contributed by atoms with van der Waals surface area (Å²) in [5, 5.41) is 8.78. The van der Waals surface area contributed by atoms with Gasteiger partial charge in [0.15, 0.2) is 5.78 Å². The first-order chi connectivity index (χ1) is 8.58. The zero-order valence-electron chi connectivity index (χ0n) is 9.75. The molecule has 0 unspecified atom stereocenters. The van der Waals surface area contributed by atoms with Crippen molar-refractivity contribution in [2.75, 3.05) is 0 Å². The van der Waals surface area contributed by atoms with Crippen LogP contribution in [0.3, 0.4) is 0 Å². The molecule has 0 atom stereocenters. The van der Waals surface area contributed by atoms with Crippen molar-refractivity contribution in [1.29, 1.82) is 0 Å². The van der Waals surface area contributed by atoms with Crippen LogP contribution in [0.1, 0.15) is 27.6 Å². The molecule has 2 aromatic rings. The van der Waals surface area contributed by atoms with Gasteiger partial charge in [-0.2, -0.15) is 0 Å². The number of aromatic carboxylic acids is 1. The van der Waals surface area contributed by atoms with E-state index < -0.39 is 5.97 Å². The molecule has 0 saturated heterocycles. The summed E-state index contributed by atoms with van der Waals surface area (Å²) in [7, 11) is 0. The average molecular weight is 241 g/mol. The summed E-state index contributed by atoms with van der Waals surface area (Å²) in [5.74, 6) is -1.02. The highest BCUT2D eigenvalue weighted by atomic mass is 16.4. The summed E-state index contributed by atoms with van der Waals surface area (Å²) in [5.41, 5.74) is 2.18. The molecule has 0 fully saturated rings. The fourth-order valence-corrected chi connectivity index (χ4v) is 1.59. The van der Waals surface area contributed by atoms with Crippen LogP contribution in [0.25, 0.3) is 11.3 Å². The SMILES string of the molecule is CC(=O)c1cccc(-c2ccc(C(=O)O)cn2)c1. The molecule has 2 rings (SSSR count). The van der Waals surface area contributed by atoms with E-state index in [0.29, 0.717) is 11.3 Å². The van der Waals surface area contributed by atoms with Crippen molar-refractivity contribution >= 4 is 11.8 Å². The molecular weight excluding hydrogens is 230 g/mol. The molecule has 4 nitrogen and oxygen atoms in total. The van der Waals surface area contributed by atoms with Crippen molar-refractivity contribution in [1.82, 2.24) is 4.98 Å². The minimum absolute atomic E-state index is 0.0148. The highest BCUT2D eigenvalue weighted by Crippen LogP contribution is 2.18. The molecular formula is C14H11NO3. The Balaban J connectivity index is 2.39. The van der Waals surface area contributed by atoms with Gasteiger partial charge in [-0.25, -0.2) is 4.79 Å². The molecule has 1 aromatic carbocycles. The summed E-state index contributed by atoms with van der Waals surface area (Å²) in [6, 6.07) is 10.2. The summed E-state index contributed by atoms with van der Waals surface area (Å²) >= 11 is 0. The Hall–Kier alpha value is -2.49. The van der Waals surface area contributed by atoms with Crippen LogP contribution in [0.15, 0.2) is 42.6 Å². The van der Waals surface area contributed by atoms with E-state index in [1.807, 2.05) is 6.07 Å². The van der Waals surface area contributed by atoms with E-state index in [9.17, 15) is 9.59 Å². The first-order valence-electron chi connectivity index (χ1n) is 5.38. The number of nitrogens with zero attached hydrogens (tertiary/aromatic N) is 1. The molecule has 1 aromatic heterocycles. The number of carboxylic acids is 1. The smallest absolute Gasteiger partial charge is 0.337 e. The highest BCUT2D eigenvalue weighted by molar-refractivity contribution is 5.95. The number of hydrogen-bond donors (Lipinski definition) is 1. The topological polar surface area (TPSA) is 67.3 Å². The van der Waals surface area contributed by atoms with Gasteiger partial charge in [-0.15, -0.1) is 0 Å². The lowest BCUT2D eigenvalue weighted by Crippen LogP contribution is -1.97. The van der Waals surface area contributed by atoms with E-state index in [1.54, 1.807) is 24.3 Å². The van der Waals surface area contributed by atoms with Gasteiger partial charge < -0.3 is 5.11 Å². The Morgan fingerprint density at radius 1 is 1.11 bits per heavy atom. The van der Waals surface area contributed by atoms with Gasteiger partial charge >= 0.3 is 5.97 Å². The molecule has 0 aliphatic carbocycles. The van der Waals surface area contributed by atoms with Crippen LogP contribution in [0.2, 0.25) is 0 Å². The Morgan fingerprint density at radius 3 is 2.44 bits per heavy atom. The monoisotopic (exact) mass is 241 g/mol. The molecule has 0 aliphatic rings.